The van der Waals surface area contributed by atoms with Gasteiger partial charge in [-0.1, -0.05) is 37.6 Å². The van der Waals surface area contributed by atoms with Crippen molar-refractivity contribution < 1.29 is 12.6 Å². The average Bonchev–Trinajstić information content (AvgIpc) is 2.44. The van der Waals surface area contributed by atoms with Crippen LogP contribution in [0.5, 0.6) is 0 Å². The highest BCUT2D eigenvalue weighted by molar-refractivity contribution is 7.86. The fourth-order valence-corrected chi connectivity index (χ4v) is 3.34. The van der Waals surface area contributed by atoms with Crippen molar-refractivity contribution >= 4 is 10.1 Å². The Labute approximate surface area is 129 Å². The number of allylic oxidation sites excluding steroid dienone is 1. The van der Waals surface area contributed by atoms with Crippen molar-refractivity contribution in [1.29, 1.82) is 0 Å². The molecule has 0 saturated carbocycles. The Morgan fingerprint density at radius 2 is 1.90 bits per heavy atom. The standard InChI is InChI=1S/C17H26O3S/c1-5-7-8-15(4)13-16(6-2)20-21(18,19)17-11-9-14(3)10-12-17/h5,9-12,15-16H,1,6-8,13H2,2-4H3. The van der Waals surface area contributed by atoms with E-state index < -0.39 is 10.1 Å². The second kappa shape index (κ2) is 8.35. The molecule has 3 nitrogen and oxygen atoms in total. The molecule has 1 rings (SSSR count). The second-order valence-corrected chi connectivity index (χ2v) is 7.17. The third-order valence-corrected chi connectivity index (χ3v) is 4.93. The monoisotopic (exact) mass is 310 g/mol. The molecule has 0 bridgehead atoms. The van der Waals surface area contributed by atoms with Crippen LogP contribution in [0.3, 0.4) is 0 Å². The molecule has 0 spiro atoms. The summed E-state index contributed by atoms with van der Waals surface area (Å²) in [5.41, 5.74) is 1.03. The molecule has 0 heterocycles. The molecule has 0 saturated heterocycles. The fourth-order valence-electron chi connectivity index (χ4n) is 2.18. The van der Waals surface area contributed by atoms with Crippen LogP contribution in [0.2, 0.25) is 0 Å². The van der Waals surface area contributed by atoms with E-state index >= 15 is 0 Å². The summed E-state index contributed by atoms with van der Waals surface area (Å²) in [7, 11) is -3.67. The van der Waals surface area contributed by atoms with Crippen LogP contribution in [0, 0.1) is 12.8 Å². The molecule has 0 fully saturated rings. The van der Waals surface area contributed by atoms with Crippen molar-refractivity contribution in [3.63, 3.8) is 0 Å². The van der Waals surface area contributed by atoms with Crippen molar-refractivity contribution in [3.05, 3.63) is 42.5 Å². The number of aryl methyl sites for hydroxylation is 1. The molecule has 0 aliphatic heterocycles. The molecule has 118 valence electrons. The van der Waals surface area contributed by atoms with Crippen LogP contribution in [0.15, 0.2) is 41.8 Å². The summed E-state index contributed by atoms with van der Waals surface area (Å²) in [4.78, 5) is 0.227. The van der Waals surface area contributed by atoms with Crippen molar-refractivity contribution in [3.8, 4) is 0 Å². The maximum atomic E-state index is 12.3. The summed E-state index contributed by atoms with van der Waals surface area (Å²) in [6, 6.07) is 6.75. The smallest absolute Gasteiger partial charge is 0.263 e. The highest BCUT2D eigenvalue weighted by Gasteiger charge is 2.22. The number of hydrogen-bond donors (Lipinski definition) is 0. The first kappa shape index (κ1) is 17.9. The minimum atomic E-state index is -3.67. The van der Waals surface area contributed by atoms with Crippen LogP contribution >= 0.6 is 0 Å². The van der Waals surface area contributed by atoms with Gasteiger partial charge in [0.15, 0.2) is 0 Å². The van der Waals surface area contributed by atoms with Gasteiger partial charge in [0.2, 0.25) is 0 Å². The van der Waals surface area contributed by atoms with Crippen LogP contribution < -0.4 is 0 Å². The van der Waals surface area contributed by atoms with Gasteiger partial charge in [-0.3, -0.25) is 4.18 Å². The summed E-state index contributed by atoms with van der Waals surface area (Å²) in [6.07, 6.45) is 5.01. The molecule has 21 heavy (non-hydrogen) atoms. The van der Waals surface area contributed by atoms with E-state index in [0.29, 0.717) is 12.3 Å². The van der Waals surface area contributed by atoms with Crippen LogP contribution in [0.4, 0.5) is 0 Å². The van der Waals surface area contributed by atoms with E-state index in [1.165, 1.54) is 0 Å². The molecular formula is C17H26O3S. The Balaban J connectivity index is 2.70. The highest BCUT2D eigenvalue weighted by atomic mass is 32.2. The van der Waals surface area contributed by atoms with Gasteiger partial charge in [-0.25, -0.2) is 0 Å². The van der Waals surface area contributed by atoms with Crippen LogP contribution in [0.1, 0.15) is 45.1 Å². The fraction of sp³-hybridized carbons (Fsp3) is 0.529. The molecule has 1 aromatic carbocycles. The largest absolute Gasteiger partial charge is 0.297 e. The Hall–Kier alpha value is -1.13. The molecule has 0 aliphatic rings. The zero-order chi connectivity index (χ0) is 15.9. The molecule has 0 aromatic heterocycles. The molecule has 2 atom stereocenters. The summed E-state index contributed by atoms with van der Waals surface area (Å²) in [6.45, 7) is 9.71. The van der Waals surface area contributed by atoms with Crippen molar-refractivity contribution in [1.82, 2.24) is 0 Å². The third-order valence-electron chi connectivity index (χ3n) is 3.56. The first-order valence-electron chi connectivity index (χ1n) is 7.50. The van der Waals surface area contributed by atoms with Crippen LogP contribution in [0.25, 0.3) is 0 Å². The Bertz CT molecular complexity index is 532. The first-order valence-corrected chi connectivity index (χ1v) is 8.90. The van der Waals surface area contributed by atoms with E-state index in [0.717, 1.165) is 24.8 Å². The zero-order valence-electron chi connectivity index (χ0n) is 13.2. The summed E-state index contributed by atoms with van der Waals surface area (Å²) < 4.78 is 29.9. The quantitative estimate of drug-likeness (QED) is 0.499. The van der Waals surface area contributed by atoms with Gasteiger partial charge in [-0.15, -0.1) is 6.58 Å². The van der Waals surface area contributed by atoms with Crippen molar-refractivity contribution in [2.75, 3.05) is 0 Å². The lowest BCUT2D eigenvalue weighted by Gasteiger charge is -2.19. The van der Waals surface area contributed by atoms with Crippen LogP contribution in [-0.4, -0.2) is 14.5 Å². The van der Waals surface area contributed by atoms with Crippen molar-refractivity contribution in [2.24, 2.45) is 5.92 Å². The van der Waals surface area contributed by atoms with Gasteiger partial charge in [0.25, 0.3) is 10.1 Å². The maximum Gasteiger partial charge on any atom is 0.297 e. The first-order chi connectivity index (χ1) is 9.89. The Morgan fingerprint density at radius 3 is 2.43 bits per heavy atom. The lowest BCUT2D eigenvalue weighted by Crippen LogP contribution is -2.20. The van der Waals surface area contributed by atoms with E-state index in [-0.39, 0.29) is 11.0 Å². The summed E-state index contributed by atoms with van der Waals surface area (Å²) >= 11 is 0. The Morgan fingerprint density at radius 1 is 1.29 bits per heavy atom. The lowest BCUT2D eigenvalue weighted by atomic mass is 9.97. The zero-order valence-corrected chi connectivity index (χ0v) is 14.0. The topological polar surface area (TPSA) is 43.4 Å². The van der Waals surface area contributed by atoms with E-state index in [1.54, 1.807) is 24.3 Å². The van der Waals surface area contributed by atoms with Gasteiger partial charge in [0.1, 0.15) is 0 Å². The minimum Gasteiger partial charge on any atom is -0.263 e. The predicted molar refractivity (Wildman–Crippen MR) is 86.7 cm³/mol. The molecule has 4 heteroatoms. The van der Waals surface area contributed by atoms with Gasteiger partial charge < -0.3 is 0 Å². The highest BCUT2D eigenvalue weighted by Crippen LogP contribution is 2.22. The summed E-state index contributed by atoms with van der Waals surface area (Å²) in [5, 5.41) is 0. The minimum absolute atomic E-state index is 0.227. The van der Waals surface area contributed by atoms with Gasteiger partial charge in [-0.2, -0.15) is 8.42 Å². The SMILES string of the molecule is C=CCCC(C)CC(CC)OS(=O)(=O)c1ccc(C)cc1. The third kappa shape index (κ3) is 6.02. The molecule has 0 N–H and O–H groups in total. The normalized spacial score (nSPS) is 14.6. The number of benzene rings is 1. The van der Waals surface area contributed by atoms with Gasteiger partial charge in [0, 0.05) is 0 Å². The second-order valence-electron chi connectivity index (χ2n) is 5.60. The molecular weight excluding hydrogens is 284 g/mol. The van der Waals surface area contributed by atoms with E-state index in [9.17, 15) is 8.42 Å². The van der Waals surface area contributed by atoms with E-state index in [2.05, 4.69) is 13.5 Å². The van der Waals surface area contributed by atoms with Crippen molar-refractivity contribution in [2.45, 2.75) is 57.5 Å². The maximum absolute atomic E-state index is 12.3. The van der Waals surface area contributed by atoms with Crippen LogP contribution in [-0.2, 0) is 14.3 Å². The number of hydrogen-bond acceptors (Lipinski definition) is 3. The Kier molecular flexibility index (Phi) is 7.12. The van der Waals surface area contributed by atoms with Gasteiger partial charge >= 0.3 is 0 Å². The van der Waals surface area contributed by atoms with E-state index in [1.807, 2.05) is 19.9 Å². The summed E-state index contributed by atoms with van der Waals surface area (Å²) in [5.74, 6) is 0.418. The molecule has 2 unspecified atom stereocenters. The molecule has 1 aromatic rings. The van der Waals surface area contributed by atoms with Gasteiger partial charge in [-0.05, 0) is 50.7 Å². The molecule has 0 amide bonds. The van der Waals surface area contributed by atoms with E-state index in [4.69, 9.17) is 4.18 Å². The number of rotatable bonds is 9. The lowest BCUT2D eigenvalue weighted by molar-refractivity contribution is 0.171. The molecule has 0 aliphatic carbocycles. The average molecular weight is 310 g/mol. The molecule has 0 radical (unpaired) electrons. The van der Waals surface area contributed by atoms with Gasteiger partial charge in [0.05, 0.1) is 11.0 Å². The predicted octanol–water partition coefficient (Wildman–Crippen LogP) is 4.47.